The topological polar surface area (TPSA) is 131 Å². The second kappa shape index (κ2) is 11.9. The van der Waals surface area contributed by atoms with E-state index in [2.05, 4.69) is 10.1 Å². The van der Waals surface area contributed by atoms with Crippen LogP contribution in [0.15, 0.2) is 59.5 Å². The van der Waals surface area contributed by atoms with Crippen LogP contribution in [0.5, 0.6) is 17.2 Å². The lowest BCUT2D eigenvalue weighted by molar-refractivity contribution is -0.953. The molecular weight excluding hydrogens is 667 g/mol. The minimum absolute atomic E-state index is 0.0276. The Morgan fingerprint density at radius 3 is 2.43 bits per heavy atom. The molecule has 1 saturated heterocycles. The SMILES string of the molecule is CNC(=O)[C@@H]1C[C@@H](O)C[N+]1(C)C1(c2cccc(C)c2OC)C(=O)N(S(=O)(=O)c2ccc(OC)cc2OC(F)(F)F)c2ccc(Cl)cc21. The predicted molar refractivity (Wildman–Crippen MR) is 164 cm³/mol. The van der Waals surface area contributed by atoms with Crippen molar-refractivity contribution in [2.45, 2.75) is 42.3 Å². The molecule has 2 heterocycles. The summed E-state index contributed by atoms with van der Waals surface area (Å²) in [6.45, 7) is 1.50. The van der Waals surface area contributed by atoms with Crippen molar-refractivity contribution in [1.82, 2.24) is 5.32 Å². The molecule has 0 radical (unpaired) electrons. The fourth-order valence-electron chi connectivity index (χ4n) is 6.99. The number of halogens is 4. The van der Waals surface area contributed by atoms with Gasteiger partial charge in [0.25, 0.3) is 15.9 Å². The first kappa shape index (κ1) is 34.3. The molecule has 0 spiro atoms. The average molecular weight is 699 g/mol. The lowest BCUT2D eigenvalue weighted by Crippen LogP contribution is -2.69. The molecule has 252 valence electrons. The molecule has 2 unspecified atom stereocenters. The van der Waals surface area contributed by atoms with E-state index in [9.17, 15) is 31.5 Å². The largest absolute Gasteiger partial charge is 0.573 e. The number of aliphatic hydroxyl groups excluding tert-OH is 1. The Bertz CT molecular complexity index is 1870. The van der Waals surface area contributed by atoms with E-state index >= 15 is 4.79 Å². The van der Waals surface area contributed by atoms with Crippen LogP contribution in [0, 0.1) is 6.92 Å². The number of nitrogens with one attached hydrogen (secondary N) is 1. The maximum absolute atomic E-state index is 15.4. The number of hydrogen-bond acceptors (Lipinski definition) is 8. The Morgan fingerprint density at radius 2 is 1.81 bits per heavy atom. The predicted octanol–water partition coefficient (Wildman–Crippen LogP) is 3.87. The van der Waals surface area contributed by atoms with Crippen molar-refractivity contribution in [2.75, 3.05) is 39.2 Å². The summed E-state index contributed by atoms with van der Waals surface area (Å²) in [5.41, 5.74) is -1.64. The first-order valence-corrected chi connectivity index (χ1v) is 16.0. The number of nitrogens with zero attached hydrogens (tertiary/aromatic N) is 2. The summed E-state index contributed by atoms with van der Waals surface area (Å²) in [7, 11) is 0.249. The second-order valence-electron chi connectivity index (χ2n) is 11.4. The van der Waals surface area contributed by atoms with Crippen molar-refractivity contribution in [2.24, 2.45) is 0 Å². The highest BCUT2D eigenvalue weighted by Crippen LogP contribution is 2.58. The van der Waals surface area contributed by atoms with Crippen LogP contribution in [0.2, 0.25) is 5.02 Å². The van der Waals surface area contributed by atoms with Crippen LogP contribution >= 0.6 is 11.6 Å². The van der Waals surface area contributed by atoms with Gasteiger partial charge in [-0.2, -0.15) is 4.31 Å². The molecule has 0 aromatic heterocycles. The zero-order valence-electron chi connectivity index (χ0n) is 25.9. The summed E-state index contributed by atoms with van der Waals surface area (Å²) in [5.74, 6) is -2.76. The molecule has 0 bridgehead atoms. The van der Waals surface area contributed by atoms with Gasteiger partial charge >= 0.3 is 12.3 Å². The molecule has 0 aliphatic carbocycles. The van der Waals surface area contributed by atoms with E-state index in [-0.39, 0.29) is 46.3 Å². The van der Waals surface area contributed by atoms with Gasteiger partial charge < -0.3 is 24.6 Å². The molecule has 2 aliphatic heterocycles. The van der Waals surface area contributed by atoms with Crippen molar-refractivity contribution in [3.8, 4) is 17.2 Å². The van der Waals surface area contributed by atoms with Gasteiger partial charge in [-0.1, -0.05) is 23.7 Å². The maximum Gasteiger partial charge on any atom is 0.573 e. The highest BCUT2D eigenvalue weighted by Gasteiger charge is 2.72. The van der Waals surface area contributed by atoms with Crippen molar-refractivity contribution in [3.63, 3.8) is 0 Å². The number of quaternary nitrogens is 1. The molecule has 16 heteroatoms. The number of aryl methyl sites for hydroxylation is 1. The normalized spacial score (nSPS) is 24.2. The van der Waals surface area contributed by atoms with Gasteiger partial charge in [-0.05, 0) is 48.9 Å². The molecule has 1 fully saturated rings. The van der Waals surface area contributed by atoms with E-state index in [1.165, 1.54) is 39.5 Å². The number of methoxy groups -OCH3 is 2. The highest BCUT2D eigenvalue weighted by atomic mass is 35.5. The molecule has 5 rings (SSSR count). The van der Waals surface area contributed by atoms with Gasteiger partial charge in [0, 0.05) is 24.6 Å². The summed E-state index contributed by atoms with van der Waals surface area (Å²) >= 11 is 6.50. The number of alkyl halides is 3. The first-order valence-electron chi connectivity index (χ1n) is 14.2. The molecule has 47 heavy (non-hydrogen) atoms. The molecule has 2 amide bonds. The van der Waals surface area contributed by atoms with Gasteiger partial charge in [0.15, 0.2) is 11.8 Å². The highest BCUT2D eigenvalue weighted by molar-refractivity contribution is 7.93. The van der Waals surface area contributed by atoms with Gasteiger partial charge in [0.05, 0.1) is 38.1 Å². The fourth-order valence-corrected chi connectivity index (χ4v) is 8.72. The van der Waals surface area contributed by atoms with Crippen molar-refractivity contribution in [3.05, 3.63) is 76.3 Å². The number of hydrogen-bond donors (Lipinski definition) is 2. The number of rotatable bonds is 8. The van der Waals surface area contributed by atoms with Gasteiger partial charge in [0.1, 0.15) is 29.0 Å². The number of carbonyl (C=O) groups excluding carboxylic acids is 2. The second-order valence-corrected chi connectivity index (χ2v) is 13.6. The number of likely N-dealkylation sites (tertiary alicyclic amines) is 1. The number of amides is 2. The lowest BCUT2D eigenvalue weighted by atomic mass is 9.78. The van der Waals surface area contributed by atoms with Crippen molar-refractivity contribution < 1.29 is 55.0 Å². The van der Waals surface area contributed by atoms with Crippen molar-refractivity contribution in [1.29, 1.82) is 0 Å². The van der Waals surface area contributed by atoms with Crippen molar-refractivity contribution >= 4 is 39.1 Å². The Balaban J connectivity index is 1.91. The smallest absolute Gasteiger partial charge is 0.497 e. The third-order valence-electron chi connectivity index (χ3n) is 8.85. The number of benzene rings is 3. The summed E-state index contributed by atoms with van der Waals surface area (Å²) < 4.78 is 84.6. The minimum Gasteiger partial charge on any atom is -0.497 e. The quantitative estimate of drug-likeness (QED) is 0.339. The Kier molecular flexibility index (Phi) is 8.67. The number of anilines is 1. The van der Waals surface area contributed by atoms with Gasteiger partial charge in [0.2, 0.25) is 5.54 Å². The number of ether oxygens (including phenoxy) is 3. The van der Waals surface area contributed by atoms with E-state index in [0.29, 0.717) is 9.87 Å². The molecule has 2 N–H and O–H groups in total. The number of sulfonamides is 1. The Morgan fingerprint density at radius 1 is 1.11 bits per heavy atom. The van der Waals surface area contributed by atoms with Gasteiger partial charge in [-0.15, -0.1) is 13.2 Å². The van der Waals surface area contributed by atoms with E-state index in [0.717, 1.165) is 18.2 Å². The molecule has 2 aliphatic rings. The van der Waals surface area contributed by atoms with Crippen LogP contribution in [-0.4, -0.2) is 83.2 Å². The zero-order chi connectivity index (χ0) is 34.7. The fraction of sp³-hybridized carbons (Fsp3) is 0.355. The first-order chi connectivity index (χ1) is 22.0. The maximum atomic E-state index is 15.4. The number of para-hydroxylation sites is 1. The zero-order valence-corrected chi connectivity index (χ0v) is 27.5. The van der Waals surface area contributed by atoms with Crippen LogP contribution in [0.3, 0.4) is 0 Å². The van der Waals surface area contributed by atoms with Crippen LogP contribution in [0.25, 0.3) is 0 Å². The van der Waals surface area contributed by atoms with Gasteiger partial charge in [-0.3, -0.25) is 14.1 Å². The van der Waals surface area contributed by atoms with E-state index in [1.54, 1.807) is 32.2 Å². The summed E-state index contributed by atoms with van der Waals surface area (Å²) in [4.78, 5) is 27.9. The summed E-state index contributed by atoms with van der Waals surface area (Å²) in [5, 5.41) is 13.7. The third-order valence-corrected chi connectivity index (χ3v) is 10.8. The molecule has 3 aromatic rings. The number of carbonyl (C=O) groups is 2. The van der Waals surface area contributed by atoms with Crippen LogP contribution in [0.1, 0.15) is 23.1 Å². The molecule has 0 saturated carbocycles. The third kappa shape index (κ3) is 5.25. The summed E-state index contributed by atoms with van der Waals surface area (Å²) in [6, 6.07) is 10.4. The average Bonchev–Trinajstić information content (AvgIpc) is 3.45. The van der Waals surface area contributed by atoms with E-state index < -0.39 is 61.0 Å². The Labute approximate surface area is 274 Å². The molecule has 3 aromatic carbocycles. The van der Waals surface area contributed by atoms with Crippen LogP contribution < -0.4 is 23.8 Å². The standard InChI is InChI=1S/C31H31ClF3N3O8S/c1-17-7-6-8-21(27(17)45-5)30(38(3)16-19(39)14-24(38)28(40)36-2)22-13-18(32)9-11-23(22)37(29(30)41)47(42,43)26-12-10-20(44-4)15-25(26)46-31(33,34)35/h6-13,15,19,24,39H,14,16H2,1-5H3/p+1/t19-,24+,30?,38?/m1/s1. The number of aliphatic hydroxyl groups is 1. The molecule has 4 atom stereocenters. The van der Waals surface area contributed by atoms with E-state index in [4.69, 9.17) is 21.1 Å². The van der Waals surface area contributed by atoms with Crippen LogP contribution in [0.4, 0.5) is 18.9 Å². The summed E-state index contributed by atoms with van der Waals surface area (Å²) in [6.07, 6.45) is -6.50. The Hall–Kier alpha value is -4.05. The minimum atomic E-state index is -5.30. The lowest BCUT2D eigenvalue weighted by Gasteiger charge is -2.48. The molecular formula is C31H32ClF3N3O8S+. The number of fused-ring (bicyclic) bond motifs is 1. The molecule has 11 nitrogen and oxygen atoms in total. The van der Waals surface area contributed by atoms with Gasteiger partial charge in [-0.25, -0.2) is 8.42 Å². The number of likely N-dealkylation sites (N-methyl/N-ethyl adjacent to an activating group) is 2. The van der Waals surface area contributed by atoms with E-state index in [1.807, 2.05) is 0 Å². The van der Waals surface area contributed by atoms with Crippen LogP contribution in [-0.2, 0) is 25.2 Å². The monoisotopic (exact) mass is 698 g/mol.